The summed E-state index contributed by atoms with van der Waals surface area (Å²) in [5.74, 6) is -0.292. The molecule has 1 N–H and O–H groups in total. The first-order chi connectivity index (χ1) is 9.11. The monoisotopic (exact) mass is 342 g/mol. The quantitative estimate of drug-likeness (QED) is 0.902. The van der Waals surface area contributed by atoms with Crippen molar-refractivity contribution in [3.63, 3.8) is 0 Å². The third-order valence-corrected chi connectivity index (χ3v) is 3.81. The zero-order chi connectivity index (χ0) is 13.8. The van der Waals surface area contributed by atoms with E-state index in [0.717, 1.165) is 10.2 Å². The lowest BCUT2D eigenvalue weighted by molar-refractivity contribution is 0.543. The van der Waals surface area contributed by atoms with Crippen LogP contribution in [-0.2, 0) is 6.42 Å². The standard InChI is InChI=1S/C14H13BrClFN2/c1-18-13(14-11(15)3-2-6-19-14)7-9-4-5-10(16)8-12(9)17/h2-6,8,13,18H,7H2,1H3. The topological polar surface area (TPSA) is 24.9 Å². The van der Waals surface area contributed by atoms with E-state index in [1.54, 1.807) is 18.3 Å². The van der Waals surface area contributed by atoms with E-state index in [-0.39, 0.29) is 11.9 Å². The minimum atomic E-state index is -0.292. The Bertz CT molecular complexity index is 577. The molecule has 0 saturated carbocycles. The normalized spacial score (nSPS) is 12.4. The van der Waals surface area contributed by atoms with Gasteiger partial charge in [0.15, 0.2) is 0 Å². The van der Waals surface area contributed by atoms with Crippen LogP contribution in [0, 0.1) is 5.82 Å². The second-order valence-corrected chi connectivity index (χ2v) is 5.44. The Labute approximate surface area is 125 Å². The maximum atomic E-state index is 13.8. The fraction of sp³-hybridized carbons (Fsp3) is 0.214. The molecule has 1 unspecified atom stereocenters. The Kier molecular flexibility index (Phi) is 4.91. The minimum absolute atomic E-state index is 0.0637. The number of pyridine rings is 1. The molecule has 0 radical (unpaired) electrons. The van der Waals surface area contributed by atoms with E-state index < -0.39 is 0 Å². The van der Waals surface area contributed by atoms with Gasteiger partial charge in [-0.05, 0) is 59.2 Å². The number of rotatable bonds is 4. The van der Waals surface area contributed by atoms with Crippen molar-refractivity contribution >= 4 is 27.5 Å². The zero-order valence-corrected chi connectivity index (χ0v) is 12.7. The molecular weight excluding hydrogens is 331 g/mol. The van der Waals surface area contributed by atoms with Crippen molar-refractivity contribution in [2.45, 2.75) is 12.5 Å². The van der Waals surface area contributed by atoms with Crippen LogP contribution in [0.3, 0.4) is 0 Å². The number of hydrogen-bond acceptors (Lipinski definition) is 2. The molecule has 5 heteroatoms. The summed E-state index contributed by atoms with van der Waals surface area (Å²) in [5, 5.41) is 3.56. The summed E-state index contributed by atoms with van der Waals surface area (Å²) in [6.07, 6.45) is 2.23. The van der Waals surface area contributed by atoms with Crippen molar-refractivity contribution in [3.8, 4) is 0 Å². The lowest BCUT2D eigenvalue weighted by atomic mass is 10.0. The van der Waals surface area contributed by atoms with Crippen LogP contribution >= 0.6 is 27.5 Å². The van der Waals surface area contributed by atoms with Crippen LogP contribution in [0.1, 0.15) is 17.3 Å². The largest absolute Gasteiger partial charge is 0.311 e. The first-order valence-electron chi connectivity index (χ1n) is 5.83. The van der Waals surface area contributed by atoms with Gasteiger partial charge in [-0.15, -0.1) is 0 Å². The molecule has 19 heavy (non-hydrogen) atoms. The number of likely N-dealkylation sites (N-methyl/N-ethyl adjacent to an activating group) is 1. The second-order valence-electron chi connectivity index (χ2n) is 4.15. The fourth-order valence-corrected chi connectivity index (χ4v) is 2.59. The van der Waals surface area contributed by atoms with Crippen LogP contribution in [0.25, 0.3) is 0 Å². The molecule has 0 aliphatic heterocycles. The molecular formula is C14H13BrClFN2. The summed E-state index contributed by atoms with van der Waals surface area (Å²) in [5.41, 5.74) is 1.47. The average Bonchev–Trinajstić information content (AvgIpc) is 2.39. The number of aromatic nitrogens is 1. The van der Waals surface area contributed by atoms with Crippen LogP contribution in [-0.4, -0.2) is 12.0 Å². The Balaban J connectivity index is 2.27. The highest BCUT2D eigenvalue weighted by molar-refractivity contribution is 9.10. The maximum Gasteiger partial charge on any atom is 0.127 e. The molecule has 0 fully saturated rings. The Morgan fingerprint density at radius 2 is 2.21 bits per heavy atom. The summed E-state index contributed by atoms with van der Waals surface area (Å²) in [6.45, 7) is 0. The van der Waals surface area contributed by atoms with Crippen molar-refractivity contribution in [3.05, 3.63) is 63.1 Å². The van der Waals surface area contributed by atoms with Crippen LogP contribution < -0.4 is 5.32 Å². The smallest absolute Gasteiger partial charge is 0.127 e. The average molecular weight is 344 g/mol. The zero-order valence-electron chi connectivity index (χ0n) is 10.3. The molecule has 2 nitrogen and oxygen atoms in total. The molecule has 0 aliphatic carbocycles. The van der Waals surface area contributed by atoms with Crippen molar-refractivity contribution in [1.82, 2.24) is 10.3 Å². The minimum Gasteiger partial charge on any atom is -0.311 e. The van der Waals surface area contributed by atoms with E-state index in [9.17, 15) is 4.39 Å². The van der Waals surface area contributed by atoms with Gasteiger partial charge in [0.25, 0.3) is 0 Å². The predicted octanol–water partition coefficient (Wildman–Crippen LogP) is 4.14. The Morgan fingerprint density at radius 3 is 2.84 bits per heavy atom. The van der Waals surface area contributed by atoms with E-state index in [2.05, 4.69) is 26.2 Å². The predicted molar refractivity (Wildman–Crippen MR) is 78.9 cm³/mol. The van der Waals surface area contributed by atoms with Gasteiger partial charge < -0.3 is 5.32 Å². The number of nitrogens with zero attached hydrogens (tertiary/aromatic N) is 1. The van der Waals surface area contributed by atoms with Crippen molar-refractivity contribution in [2.24, 2.45) is 0 Å². The molecule has 0 bridgehead atoms. The number of nitrogens with one attached hydrogen (secondary N) is 1. The van der Waals surface area contributed by atoms with Gasteiger partial charge in [-0.3, -0.25) is 4.98 Å². The van der Waals surface area contributed by atoms with Gasteiger partial charge in [0.05, 0.1) is 11.7 Å². The van der Waals surface area contributed by atoms with Gasteiger partial charge in [-0.1, -0.05) is 17.7 Å². The summed E-state index contributed by atoms with van der Waals surface area (Å²) in [6, 6.07) is 8.44. The van der Waals surface area contributed by atoms with Crippen molar-refractivity contribution in [2.75, 3.05) is 7.05 Å². The lowest BCUT2D eigenvalue weighted by Crippen LogP contribution is -2.21. The highest BCUT2D eigenvalue weighted by Crippen LogP contribution is 2.25. The molecule has 1 aromatic carbocycles. The van der Waals surface area contributed by atoms with Crippen LogP contribution in [0.15, 0.2) is 41.0 Å². The van der Waals surface area contributed by atoms with E-state index in [4.69, 9.17) is 11.6 Å². The van der Waals surface area contributed by atoms with Gasteiger partial charge in [-0.2, -0.15) is 0 Å². The highest BCUT2D eigenvalue weighted by atomic mass is 79.9. The molecule has 1 atom stereocenters. The van der Waals surface area contributed by atoms with Crippen LogP contribution in [0.4, 0.5) is 4.39 Å². The van der Waals surface area contributed by atoms with Crippen molar-refractivity contribution in [1.29, 1.82) is 0 Å². The van der Waals surface area contributed by atoms with Gasteiger partial charge in [0.2, 0.25) is 0 Å². The fourth-order valence-electron chi connectivity index (χ4n) is 1.90. The molecule has 0 saturated heterocycles. The van der Waals surface area contributed by atoms with E-state index >= 15 is 0 Å². The summed E-state index contributed by atoms with van der Waals surface area (Å²) in [4.78, 5) is 4.33. The molecule has 0 aliphatic rings. The molecule has 1 aromatic heterocycles. The third-order valence-electron chi connectivity index (χ3n) is 2.90. The van der Waals surface area contributed by atoms with Gasteiger partial charge >= 0.3 is 0 Å². The van der Waals surface area contributed by atoms with Crippen molar-refractivity contribution < 1.29 is 4.39 Å². The number of halogens is 3. The number of benzene rings is 1. The van der Waals surface area contributed by atoms with E-state index in [1.165, 1.54) is 6.07 Å². The molecule has 100 valence electrons. The molecule has 1 heterocycles. The number of hydrogen-bond donors (Lipinski definition) is 1. The van der Waals surface area contributed by atoms with Gasteiger partial charge in [-0.25, -0.2) is 4.39 Å². The molecule has 2 rings (SSSR count). The summed E-state index contributed by atoms with van der Waals surface area (Å²) in [7, 11) is 1.83. The first-order valence-corrected chi connectivity index (χ1v) is 7.00. The molecule has 0 amide bonds. The highest BCUT2D eigenvalue weighted by Gasteiger charge is 2.16. The van der Waals surface area contributed by atoms with E-state index in [1.807, 2.05) is 19.2 Å². The Hall–Kier alpha value is -0.970. The lowest BCUT2D eigenvalue weighted by Gasteiger charge is -2.17. The Morgan fingerprint density at radius 1 is 1.42 bits per heavy atom. The maximum absolute atomic E-state index is 13.8. The molecule has 2 aromatic rings. The second kappa shape index (κ2) is 6.46. The van der Waals surface area contributed by atoms with Crippen LogP contribution in [0.5, 0.6) is 0 Å². The summed E-state index contributed by atoms with van der Waals surface area (Å²) < 4.78 is 14.7. The van der Waals surface area contributed by atoms with E-state index in [0.29, 0.717) is 17.0 Å². The van der Waals surface area contributed by atoms with Gasteiger partial charge in [0, 0.05) is 15.7 Å². The first kappa shape index (κ1) is 14.4. The van der Waals surface area contributed by atoms with Gasteiger partial charge in [0.1, 0.15) is 5.82 Å². The third kappa shape index (κ3) is 3.53. The molecule has 0 spiro atoms. The SMILES string of the molecule is CNC(Cc1ccc(Cl)cc1F)c1ncccc1Br. The summed E-state index contributed by atoms with van der Waals surface area (Å²) >= 11 is 9.22. The van der Waals surface area contributed by atoms with Crippen LogP contribution in [0.2, 0.25) is 5.02 Å².